The zero-order valence-corrected chi connectivity index (χ0v) is 15.3. The molecular formula is C14H24I2. The molecule has 0 aromatic carbocycles. The Hall–Kier alpha value is 0.940. The van der Waals surface area contributed by atoms with Crippen molar-refractivity contribution in [3.8, 4) is 0 Å². The van der Waals surface area contributed by atoms with E-state index in [1.807, 2.05) is 0 Å². The van der Waals surface area contributed by atoms with Gasteiger partial charge < -0.3 is 0 Å². The third-order valence-corrected chi connectivity index (χ3v) is 4.83. The number of allylic oxidation sites excluding steroid dienone is 4. The maximum Gasteiger partial charge on any atom is -0.00592 e. The zero-order chi connectivity index (χ0) is 12.6. The van der Waals surface area contributed by atoms with E-state index in [0.29, 0.717) is 0 Å². The molecule has 0 bridgehead atoms. The number of halogens is 2. The number of rotatable bonds is 7. The summed E-state index contributed by atoms with van der Waals surface area (Å²) in [6, 6.07) is 0. The van der Waals surface area contributed by atoms with E-state index in [2.05, 4.69) is 72.9 Å². The molecule has 0 nitrogen and oxygen atoms in total. The van der Waals surface area contributed by atoms with Crippen LogP contribution >= 0.6 is 45.2 Å². The van der Waals surface area contributed by atoms with Crippen LogP contribution in [0, 0.1) is 0 Å². The second-order valence-electron chi connectivity index (χ2n) is 4.25. The largest absolute Gasteiger partial charge is 0.0654 e. The van der Waals surface area contributed by atoms with Crippen molar-refractivity contribution in [2.45, 2.75) is 66.2 Å². The number of hydrogen-bond acceptors (Lipinski definition) is 0. The number of hydrogen-bond donors (Lipinski definition) is 0. The first-order valence-electron chi connectivity index (χ1n) is 6.25. The lowest BCUT2D eigenvalue weighted by atomic mass is 9.99. The lowest BCUT2D eigenvalue weighted by Crippen LogP contribution is -1.92. The van der Waals surface area contributed by atoms with Crippen molar-refractivity contribution >= 4 is 45.2 Å². The Kier molecular flexibility index (Phi) is 10.5. The van der Waals surface area contributed by atoms with Crippen molar-refractivity contribution in [1.82, 2.24) is 0 Å². The predicted octanol–water partition coefficient (Wildman–Crippen LogP) is 6.78. The molecule has 0 unspecified atom stereocenters. The molecule has 0 N–H and O–H groups in total. The number of unbranched alkanes of at least 4 members (excludes halogenated alkanes) is 2. The van der Waals surface area contributed by atoms with Gasteiger partial charge in [-0.2, -0.15) is 0 Å². The van der Waals surface area contributed by atoms with Crippen molar-refractivity contribution in [1.29, 1.82) is 0 Å². The summed E-state index contributed by atoms with van der Waals surface area (Å²) in [6.07, 6.45) is 7.73. The van der Waals surface area contributed by atoms with Crippen LogP contribution in [0.2, 0.25) is 0 Å². The fourth-order valence-corrected chi connectivity index (χ4v) is 2.95. The van der Waals surface area contributed by atoms with Gasteiger partial charge in [-0.25, -0.2) is 0 Å². The van der Waals surface area contributed by atoms with Crippen molar-refractivity contribution in [2.75, 3.05) is 0 Å². The highest BCUT2D eigenvalue weighted by atomic mass is 127. The molecule has 0 fully saturated rings. The molecule has 16 heavy (non-hydrogen) atoms. The van der Waals surface area contributed by atoms with Crippen LogP contribution in [0.5, 0.6) is 0 Å². The van der Waals surface area contributed by atoms with Gasteiger partial charge in [-0.15, -0.1) is 0 Å². The summed E-state index contributed by atoms with van der Waals surface area (Å²) in [6.45, 7) is 9.03. The van der Waals surface area contributed by atoms with Crippen LogP contribution in [0.4, 0.5) is 0 Å². The first kappa shape index (κ1) is 16.9. The van der Waals surface area contributed by atoms with E-state index < -0.39 is 0 Å². The molecule has 0 saturated carbocycles. The van der Waals surface area contributed by atoms with Crippen LogP contribution in [0.1, 0.15) is 66.2 Å². The summed E-state index contributed by atoms with van der Waals surface area (Å²) in [5.41, 5.74) is 3.12. The van der Waals surface area contributed by atoms with Gasteiger partial charge in [0.05, 0.1) is 0 Å². The monoisotopic (exact) mass is 446 g/mol. The third-order valence-electron chi connectivity index (χ3n) is 2.83. The molecule has 0 aromatic heterocycles. The van der Waals surface area contributed by atoms with E-state index in [1.54, 1.807) is 9.15 Å². The Morgan fingerprint density at radius 2 is 1.38 bits per heavy atom. The first-order valence-corrected chi connectivity index (χ1v) is 8.41. The Morgan fingerprint density at radius 1 is 0.875 bits per heavy atom. The minimum absolute atomic E-state index is 1.25. The minimum atomic E-state index is 1.25. The van der Waals surface area contributed by atoms with Gasteiger partial charge in [0.1, 0.15) is 0 Å². The zero-order valence-electron chi connectivity index (χ0n) is 11.0. The van der Waals surface area contributed by atoms with Crippen LogP contribution in [0.15, 0.2) is 18.3 Å². The molecule has 0 heterocycles. The average molecular weight is 446 g/mol. The average Bonchev–Trinajstić information content (AvgIpc) is 2.26. The molecule has 0 radical (unpaired) electrons. The molecule has 0 aliphatic rings. The maximum atomic E-state index is 2.56. The SMILES string of the molecule is CCCC/C(I)=C(CCCC)\C(C)=C(\C)I. The molecule has 0 saturated heterocycles. The van der Waals surface area contributed by atoms with Gasteiger partial charge in [0.25, 0.3) is 0 Å². The molecule has 0 aromatic rings. The van der Waals surface area contributed by atoms with E-state index in [9.17, 15) is 0 Å². The Labute approximate surface area is 129 Å². The highest BCUT2D eigenvalue weighted by molar-refractivity contribution is 14.1. The van der Waals surface area contributed by atoms with Crippen LogP contribution in [-0.4, -0.2) is 0 Å². The van der Waals surface area contributed by atoms with E-state index in [1.165, 1.54) is 47.7 Å². The standard InChI is InChI=1S/C14H24I2/c1-5-7-9-13(11(3)12(4)15)14(16)10-8-6-2/h5-10H2,1-4H3/b12-11-,14-13+. The summed E-state index contributed by atoms with van der Waals surface area (Å²) in [7, 11) is 0. The molecule has 0 spiro atoms. The normalized spacial score (nSPS) is 14.6. The van der Waals surface area contributed by atoms with Gasteiger partial charge in [0.15, 0.2) is 0 Å². The van der Waals surface area contributed by atoms with E-state index in [-0.39, 0.29) is 0 Å². The highest BCUT2D eigenvalue weighted by Crippen LogP contribution is 2.31. The quantitative estimate of drug-likeness (QED) is 0.299. The Morgan fingerprint density at radius 3 is 1.81 bits per heavy atom. The van der Waals surface area contributed by atoms with Gasteiger partial charge in [0, 0.05) is 0 Å². The molecule has 0 atom stereocenters. The van der Waals surface area contributed by atoms with Gasteiger partial charge in [-0.05, 0) is 103 Å². The van der Waals surface area contributed by atoms with Crippen LogP contribution in [0.3, 0.4) is 0 Å². The van der Waals surface area contributed by atoms with E-state index in [0.717, 1.165) is 0 Å². The van der Waals surface area contributed by atoms with Crippen molar-refractivity contribution in [3.05, 3.63) is 18.3 Å². The molecule has 0 rings (SSSR count). The first-order chi connectivity index (χ1) is 7.54. The second-order valence-corrected chi connectivity index (χ2v) is 7.17. The third kappa shape index (κ3) is 6.62. The van der Waals surface area contributed by atoms with Crippen molar-refractivity contribution in [3.63, 3.8) is 0 Å². The lowest BCUT2D eigenvalue weighted by Gasteiger charge is -2.13. The molecule has 94 valence electrons. The summed E-state index contributed by atoms with van der Waals surface area (Å²) < 4.78 is 3.02. The maximum absolute atomic E-state index is 2.56. The highest BCUT2D eigenvalue weighted by Gasteiger charge is 2.07. The van der Waals surface area contributed by atoms with E-state index >= 15 is 0 Å². The van der Waals surface area contributed by atoms with Crippen molar-refractivity contribution in [2.24, 2.45) is 0 Å². The smallest absolute Gasteiger partial charge is 0.00592 e. The lowest BCUT2D eigenvalue weighted by molar-refractivity contribution is 0.769. The Bertz CT molecular complexity index is 258. The molecular weight excluding hydrogens is 422 g/mol. The van der Waals surface area contributed by atoms with Crippen LogP contribution < -0.4 is 0 Å². The van der Waals surface area contributed by atoms with Gasteiger partial charge in [-0.3, -0.25) is 0 Å². The van der Waals surface area contributed by atoms with Crippen LogP contribution in [-0.2, 0) is 0 Å². The van der Waals surface area contributed by atoms with Crippen LogP contribution in [0.25, 0.3) is 0 Å². The predicted molar refractivity (Wildman–Crippen MR) is 92.5 cm³/mol. The van der Waals surface area contributed by atoms with Gasteiger partial charge in [0.2, 0.25) is 0 Å². The van der Waals surface area contributed by atoms with E-state index in [4.69, 9.17) is 0 Å². The molecule has 0 aliphatic carbocycles. The fourth-order valence-electron chi connectivity index (χ4n) is 1.57. The molecule has 2 heteroatoms. The molecule has 0 amide bonds. The second kappa shape index (κ2) is 9.92. The van der Waals surface area contributed by atoms with Crippen molar-refractivity contribution < 1.29 is 0 Å². The van der Waals surface area contributed by atoms with Gasteiger partial charge >= 0.3 is 0 Å². The molecule has 0 aliphatic heterocycles. The fraction of sp³-hybridized carbons (Fsp3) is 0.714. The summed E-state index contributed by atoms with van der Waals surface area (Å²) in [4.78, 5) is 0. The van der Waals surface area contributed by atoms with Gasteiger partial charge in [-0.1, -0.05) is 26.7 Å². The minimum Gasteiger partial charge on any atom is -0.0654 e. The summed E-state index contributed by atoms with van der Waals surface area (Å²) >= 11 is 5.01. The topological polar surface area (TPSA) is 0 Å². The summed E-state index contributed by atoms with van der Waals surface area (Å²) in [5, 5.41) is 0. The summed E-state index contributed by atoms with van der Waals surface area (Å²) in [5.74, 6) is 0. The Balaban J connectivity index is 4.83.